The van der Waals surface area contributed by atoms with Gasteiger partial charge in [0, 0.05) is 24.4 Å². The van der Waals surface area contributed by atoms with Crippen molar-refractivity contribution in [2.24, 2.45) is 0 Å². The molecule has 1 aliphatic heterocycles. The zero-order valence-corrected chi connectivity index (χ0v) is 30.9. The van der Waals surface area contributed by atoms with Gasteiger partial charge in [-0.15, -0.1) is 0 Å². The topological polar surface area (TPSA) is 118 Å². The lowest BCUT2D eigenvalue weighted by Crippen LogP contribution is -2.45. The number of nitrogens with zero attached hydrogens (tertiary/aromatic N) is 1. The fourth-order valence-electron chi connectivity index (χ4n) is 3.31. The van der Waals surface area contributed by atoms with Gasteiger partial charge in [0.25, 0.3) is 0 Å². The van der Waals surface area contributed by atoms with Gasteiger partial charge >= 0.3 is 7.60 Å². The van der Waals surface area contributed by atoms with Crippen LogP contribution >= 0.6 is 7.60 Å². The number of allylic oxidation sites excluding steroid dienone is 5. The van der Waals surface area contributed by atoms with Gasteiger partial charge in [-0.3, -0.25) is 4.57 Å². The number of aliphatic hydroxyl groups excluding tert-OH is 2. The molecule has 0 radical (unpaired) electrons. The van der Waals surface area contributed by atoms with E-state index in [-0.39, 0.29) is 18.4 Å². The first-order valence-corrected chi connectivity index (χ1v) is 18.2. The van der Waals surface area contributed by atoms with E-state index in [1.165, 1.54) is 68.8 Å². The average molecular weight is 654 g/mol. The molecule has 1 aromatic carbocycles. The van der Waals surface area contributed by atoms with E-state index in [9.17, 15) is 4.57 Å². The highest BCUT2D eigenvalue weighted by Gasteiger charge is 2.22. The number of benzene rings is 1. The molecule has 1 aliphatic carbocycles. The smallest absolute Gasteiger partial charge is 0.325 e. The van der Waals surface area contributed by atoms with E-state index in [4.69, 9.17) is 24.8 Å². The van der Waals surface area contributed by atoms with Crippen molar-refractivity contribution >= 4 is 20.1 Å². The van der Waals surface area contributed by atoms with Crippen LogP contribution in [-0.2, 0) is 9.36 Å². The zero-order valence-electron chi connectivity index (χ0n) is 30.0. The standard InChI is InChI=1S/C10H13N.C9H12.C8H18O.C5H10O.C2H7O3P.C2H6.CH2O/c1-9-7-8-11(9)10-5-3-2-4-6-10;1-8(2)9-6-4-3-5-7-9;1-3-5-6-7-8(9)4-2;1-4(2)5(3)6;1-2-6(3,4)5;2*1-2/h2-6,9H,7-8H2,1H3;3-4,6H,1,5,7H2,2H3;8-9H,3-7H2,1-2H3;5-6H,1H2,2-3H3;2H2,1H3,(H2,3,4,5);1-2H3;1H2. The van der Waals surface area contributed by atoms with Crippen molar-refractivity contribution in [1.29, 1.82) is 0 Å². The monoisotopic (exact) mass is 653 g/mol. The van der Waals surface area contributed by atoms with Gasteiger partial charge in [-0.1, -0.05) is 115 Å². The molecular formula is C37H68NO6P. The number of carbonyl (C=O) groups excluding carboxylic acids is 1. The molecule has 2 aliphatic rings. The van der Waals surface area contributed by atoms with E-state index in [1.807, 2.05) is 27.6 Å². The molecule has 8 heteroatoms. The molecule has 1 saturated heterocycles. The molecule has 3 unspecified atom stereocenters. The van der Waals surface area contributed by atoms with Crippen LogP contribution in [0.2, 0.25) is 0 Å². The number of rotatable bonds is 9. The molecule has 45 heavy (non-hydrogen) atoms. The number of carbonyl (C=O) groups is 1. The molecule has 1 heterocycles. The lowest BCUT2D eigenvalue weighted by atomic mass is 10.00. The molecule has 7 nitrogen and oxygen atoms in total. The van der Waals surface area contributed by atoms with Crippen LogP contribution in [-0.4, -0.2) is 57.7 Å². The Morgan fingerprint density at radius 3 is 1.80 bits per heavy atom. The van der Waals surface area contributed by atoms with Crippen LogP contribution in [0.15, 0.2) is 78.4 Å². The molecular weight excluding hydrogens is 585 g/mol. The number of unbranched alkanes of at least 4 members (excludes halogenated alkanes) is 2. The van der Waals surface area contributed by atoms with Gasteiger partial charge in [-0.2, -0.15) is 0 Å². The minimum absolute atomic E-state index is 0.0449. The number of hydrogen-bond acceptors (Lipinski definition) is 5. The molecule has 3 rings (SSSR count). The molecule has 4 N–H and O–H groups in total. The molecule has 0 spiro atoms. The van der Waals surface area contributed by atoms with Gasteiger partial charge in [0.2, 0.25) is 0 Å². The van der Waals surface area contributed by atoms with E-state index in [2.05, 4.69) is 87.4 Å². The summed E-state index contributed by atoms with van der Waals surface area (Å²) in [5.74, 6) is 0. The van der Waals surface area contributed by atoms with E-state index in [0.717, 1.165) is 24.5 Å². The maximum Gasteiger partial charge on any atom is 0.325 e. The van der Waals surface area contributed by atoms with Crippen molar-refractivity contribution in [2.75, 3.05) is 17.6 Å². The normalized spacial score (nSPS) is 15.4. The van der Waals surface area contributed by atoms with E-state index in [0.29, 0.717) is 0 Å². The van der Waals surface area contributed by atoms with Crippen LogP contribution in [0.25, 0.3) is 0 Å². The first-order chi connectivity index (χ1) is 21.2. The number of aliphatic hydroxyl groups is 2. The van der Waals surface area contributed by atoms with E-state index >= 15 is 0 Å². The molecule has 0 saturated carbocycles. The second-order valence-electron chi connectivity index (χ2n) is 10.7. The first kappa shape index (κ1) is 49.6. The molecule has 0 aromatic heterocycles. The van der Waals surface area contributed by atoms with Gasteiger partial charge in [-0.05, 0) is 77.5 Å². The molecule has 0 amide bonds. The molecule has 3 atom stereocenters. The third-order valence-electron chi connectivity index (χ3n) is 6.71. The van der Waals surface area contributed by atoms with Gasteiger partial charge in [0.15, 0.2) is 0 Å². The van der Waals surface area contributed by atoms with E-state index in [1.54, 1.807) is 13.8 Å². The zero-order chi connectivity index (χ0) is 35.8. The minimum Gasteiger partial charge on any atom is -0.393 e. The van der Waals surface area contributed by atoms with Crippen LogP contribution in [0.5, 0.6) is 0 Å². The fourth-order valence-corrected chi connectivity index (χ4v) is 3.31. The molecule has 1 aromatic rings. The summed E-state index contributed by atoms with van der Waals surface area (Å²) in [5.41, 5.74) is 4.79. The Kier molecular flexibility index (Phi) is 36.5. The van der Waals surface area contributed by atoms with Crippen LogP contribution in [0.4, 0.5) is 5.69 Å². The summed E-state index contributed by atoms with van der Waals surface area (Å²) in [6.07, 6.45) is 15.3. The third-order valence-corrected chi connectivity index (χ3v) is 7.53. The highest BCUT2D eigenvalue weighted by atomic mass is 31.2. The summed E-state index contributed by atoms with van der Waals surface area (Å²) >= 11 is 0. The highest BCUT2D eigenvalue weighted by Crippen LogP contribution is 2.32. The number of hydrogen-bond donors (Lipinski definition) is 4. The molecule has 262 valence electrons. The van der Waals surface area contributed by atoms with Gasteiger partial charge in [-0.25, -0.2) is 0 Å². The van der Waals surface area contributed by atoms with Crippen molar-refractivity contribution in [1.82, 2.24) is 0 Å². The predicted octanol–water partition coefficient (Wildman–Crippen LogP) is 9.43. The Balaban J connectivity index is -0.000000231. The Labute approximate surface area is 277 Å². The van der Waals surface area contributed by atoms with Crippen molar-refractivity contribution in [2.45, 2.75) is 132 Å². The minimum atomic E-state index is -3.65. The predicted molar refractivity (Wildman–Crippen MR) is 197 cm³/mol. The first-order valence-electron chi connectivity index (χ1n) is 16.4. The lowest BCUT2D eigenvalue weighted by molar-refractivity contribution is -0.0980. The Morgan fingerprint density at radius 1 is 1.02 bits per heavy atom. The van der Waals surface area contributed by atoms with Crippen LogP contribution in [0.1, 0.15) is 114 Å². The van der Waals surface area contributed by atoms with E-state index < -0.39 is 7.60 Å². The number of anilines is 1. The number of para-hydroxylation sites is 1. The summed E-state index contributed by atoms with van der Waals surface area (Å²) < 4.78 is 9.69. The third kappa shape index (κ3) is 32.9. The second kappa shape index (κ2) is 33.1. The SMILES string of the molecule is C=C(C)C(C)O.C=C(C)C1=CC=CCC1.C=O.CC.CC1CCN1c1ccccc1.CCCCCC(O)CC.CCP(=O)(O)O. The second-order valence-corrected chi connectivity index (χ2v) is 12.6. The van der Waals surface area contributed by atoms with Crippen LogP contribution in [0, 0.1) is 0 Å². The molecule has 1 fully saturated rings. The lowest BCUT2D eigenvalue weighted by Gasteiger charge is -2.40. The highest BCUT2D eigenvalue weighted by molar-refractivity contribution is 7.51. The fraction of sp³-hybridized carbons (Fsp3) is 0.595. The summed E-state index contributed by atoms with van der Waals surface area (Å²) in [5, 5.41) is 17.6. The van der Waals surface area contributed by atoms with Gasteiger partial charge < -0.3 is 29.7 Å². The quantitative estimate of drug-likeness (QED) is 0.119. The maximum atomic E-state index is 9.69. The summed E-state index contributed by atoms with van der Waals surface area (Å²) in [7, 11) is -3.65. The summed E-state index contributed by atoms with van der Waals surface area (Å²) in [6.45, 7) is 28.1. The Morgan fingerprint density at radius 2 is 1.53 bits per heavy atom. The van der Waals surface area contributed by atoms with Gasteiger partial charge in [0.1, 0.15) is 6.79 Å². The summed E-state index contributed by atoms with van der Waals surface area (Å²) in [4.78, 5) is 26.3. The Bertz CT molecular complexity index is 939. The maximum absolute atomic E-state index is 9.69. The van der Waals surface area contributed by atoms with Crippen LogP contribution in [0.3, 0.4) is 0 Å². The van der Waals surface area contributed by atoms with Crippen molar-refractivity contribution in [3.63, 3.8) is 0 Å². The Hall–Kier alpha value is -2.28. The largest absolute Gasteiger partial charge is 0.393 e. The van der Waals surface area contributed by atoms with Crippen molar-refractivity contribution < 1.29 is 29.4 Å². The average Bonchev–Trinajstić information content (AvgIpc) is 3.04. The summed E-state index contributed by atoms with van der Waals surface area (Å²) in [6, 6.07) is 11.4. The van der Waals surface area contributed by atoms with Gasteiger partial charge in [0.05, 0.1) is 12.2 Å². The van der Waals surface area contributed by atoms with Crippen molar-refractivity contribution in [3.8, 4) is 0 Å². The molecule has 0 bridgehead atoms. The van der Waals surface area contributed by atoms with Crippen LogP contribution < -0.4 is 4.90 Å². The van der Waals surface area contributed by atoms with Crippen molar-refractivity contribution in [3.05, 3.63) is 78.4 Å².